The number of aromatic nitrogens is 1. The van der Waals surface area contributed by atoms with E-state index in [1.165, 1.54) is 6.20 Å². The molecule has 0 saturated carbocycles. The molecule has 0 amide bonds. The highest BCUT2D eigenvalue weighted by atomic mass is 16.5. The molecule has 0 unspecified atom stereocenters. The summed E-state index contributed by atoms with van der Waals surface area (Å²) in [4.78, 5) is 16.5. The quantitative estimate of drug-likeness (QED) is 0.816. The number of rotatable bonds is 6. The van der Waals surface area contributed by atoms with E-state index in [0.717, 1.165) is 5.69 Å². The molecule has 1 rings (SSSR count). The number of likely N-dealkylation sites (N-methyl/N-ethyl adjacent to an activating group) is 1. The van der Waals surface area contributed by atoms with Crippen LogP contribution in [0, 0.1) is 0 Å². The molecule has 0 atom stereocenters. The van der Waals surface area contributed by atoms with E-state index in [2.05, 4.69) is 4.98 Å². The Balaban J connectivity index is 2.59. The van der Waals surface area contributed by atoms with Crippen LogP contribution in [0.1, 0.15) is 24.3 Å². The summed E-state index contributed by atoms with van der Waals surface area (Å²) in [5, 5.41) is 8.83. The van der Waals surface area contributed by atoms with Gasteiger partial charge >= 0.3 is 5.97 Å². The lowest BCUT2D eigenvalue weighted by Gasteiger charge is -2.20. The van der Waals surface area contributed by atoms with Crippen LogP contribution in [-0.4, -0.2) is 42.4 Å². The van der Waals surface area contributed by atoms with Crippen molar-refractivity contribution in [3.8, 4) is 0 Å². The van der Waals surface area contributed by atoms with Gasteiger partial charge in [-0.3, -0.25) is 0 Å². The first-order chi connectivity index (χ1) is 8.00. The maximum Gasteiger partial charge on any atom is 0.354 e. The van der Waals surface area contributed by atoms with Crippen LogP contribution in [0.2, 0.25) is 0 Å². The Morgan fingerprint density at radius 3 is 2.88 bits per heavy atom. The van der Waals surface area contributed by atoms with Crippen LogP contribution in [0.15, 0.2) is 18.3 Å². The van der Waals surface area contributed by atoms with Gasteiger partial charge in [0.1, 0.15) is 5.69 Å². The zero-order valence-corrected chi connectivity index (χ0v) is 10.4. The van der Waals surface area contributed by atoms with E-state index in [0.29, 0.717) is 13.2 Å². The highest BCUT2D eigenvalue weighted by molar-refractivity contribution is 5.86. The van der Waals surface area contributed by atoms with Gasteiger partial charge in [0, 0.05) is 25.5 Å². The highest BCUT2D eigenvalue weighted by Gasteiger charge is 2.07. The summed E-state index contributed by atoms with van der Waals surface area (Å²) in [6.07, 6.45) is 1.70. The van der Waals surface area contributed by atoms with Gasteiger partial charge in [-0.1, -0.05) is 0 Å². The summed E-state index contributed by atoms with van der Waals surface area (Å²) in [7, 11) is 1.89. The minimum Gasteiger partial charge on any atom is -0.477 e. The monoisotopic (exact) mass is 238 g/mol. The Morgan fingerprint density at radius 2 is 2.29 bits per heavy atom. The van der Waals surface area contributed by atoms with Crippen LogP contribution in [0.3, 0.4) is 0 Å². The predicted octanol–water partition coefficient (Wildman–Crippen LogP) is 1.64. The molecule has 1 heterocycles. The molecule has 0 spiro atoms. The molecular weight excluding hydrogens is 220 g/mol. The first kappa shape index (κ1) is 13.4. The van der Waals surface area contributed by atoms with E-state index < -0.39 is 5.97 Å². The Labute approximate surface area is 101 Å². The van der Waals surface area contributed by atoms with Crippen molar-refractivity contribution in [1.82, 2.24) is 4.98 Å². The highest BCUT2D eigenvalue weighted by Crippen LogP contribution is 2.12. The molecular formula is C12H18N2O3. The summed E-state index contributed by atoms with van der Waals surface area (Å²) >= 11 is 0. The summed E-state index contributed by atoms with van der Waals surface area (Å²) in [5.41, 5.74) is 0.879. The van der Waals surface area contributed by atoms with Crippen LogP contribution < -0.4 is 4.90 Å². The lowest BCUT2D eigenvalue weighted by atomic mass is 10.3. The lowest BCUT2D eigenvalue weighted by molar-refractivity contribution is 0.0690. The van der Waals surface area contributed by atoms with Crippen molar-refractivity contribution in [3.63, 3.8) is 0 Å². The predicted molar refractivity (Wildman–Crippen MR) is 65.6 cm³/mol. The SMILES string of the molecule is CC(C)OCCN(C)c1ccnc(C(=O)O)c1. The van der Waals surface area contributed by atoms with Gasteiger partial charge in [0.15, 0.2) is 0 Å². The van der Waals surface area contributed by atoms with Crippen molar-refractivity contribution in [2.24, 2.45) is 0 Å². The normalized spacial score (nSPS) is 10.6. The Hall–Kier alpha value is -1.62. The molecule has 0 aliphatic carbocycles. The van der Waals surface area contributed by atoms with Crippen molar-refractivity contribution in [2.45, 2.75) is 20.0 Å². The number of aromatic carboxylic acids is 1. The topological polar surface area (TPSA) is 62.7 Å². The van der Waals surface area contributed by atoms with Crippen molar-refractivity contribution in [1.29, 1.82) is 0 Å². The van der Waals surface area contributed by atoms with Crippen molar-refractivity contribution >= 4 is 11.7 Å². The Morgan fingerprint density at radius 1 is 1.59 bits per heavy atom. The van der Waals surface area contributed by atoms with Crippen LogP contribution in [0.5, 0.6) is 0 Å². The first-order valence-electron chi connectivity index (χ1n) is 5.53. The molecule has 0 aromatic carbocycles. The molecule has 0 aliphatic heterocycles. The number of hydrogen-bond acceptors (Lipinski definition) is 4. The number of ether oxygens (including phenoxy) is 1. The van der Waals surface area contributed by atoms with E-state index in [1.54, 1.807) is 12.1 Å². The third-order valence-electron chi connectivity index (χ3n) is 2.28. The summed E-state index contributed by atoms with van der Waals surface area (Å²) < 4.78 is 5.44. The molecule has 5 heteroatoms. The van der Waals surface area contributed by atoms with Crippen LogP contribution in [0.25, 0.3) is 0 Å². The molecule has 0 aliphatic rings. The third-order valence-corrected chi connectivity index (χ3v) is 2.28. The second-order valence-corrected chi connectivity index (χ2v) is 4.05. The lowest BCUT2D eigenvalue weighted by Crippen LogP contribution is -2.24. The second-order valence-electron chi connectivity index (χ2n) is 4.05. The van der Waals surface area contributed by atoms with E-state index >= 15 is 0 Å². The summed E-state index contributed by atoms with van der Waals surface area (Å²) in [5.74, 6) is -1.02. The molecule has 94 valence electrons. The van der Waals surface area contributed by atoms with Gasteiger partial charge in [-0.15, -0.1) is 0 Å². The number of hydrogen-bond donors (Lipinski definition) is 1. The summed E-state index contributed by atoms with van der Waals surface area (Å²) in [6, 6.07) is 3.33. The molecule has 0 saturated heterocycles. The number of anilines is 1. The molecule has 1 aromatic heterocycles. The van der Waals surface area contributed by atoms with Crippen molar-refractivity contribution in [3.05, 3.63) is 24.0 Å². The first-order valence-corrected chi connectivity index (χ1v) is 5.53. The number of carbonyl (C=O) groups is 1. The largest absolute Gasteiger partial charge is 0.477 e. The minimum atomic E-state index is -1.02. The average molecular weight is 238 g/mol. The molecule has 5 nitrogen and oxygen atoms in total. The zero-order chi connectivity index (χ0) is 12.8. The third kappa shape index (κ3) is 4.40. The molecule has 1 aromatic rings. The van der Waals surface area contributed by atoms with Gasteiger partial charge in [-0.2, -0.15) is 0 Å². The van der Waals surface area contributed by atoms with Crippen LogP contribution in [0.4, 0.5) is 5.69 Å². The van der Waals surface area contributed by atoms with Crippen molar-refractivity contribution in [2.75, 3.05) is 25.1 Å². The maximum absolute atomic E-state index is 10.8. The fourth-order valence-corrected chi connectivity index (χ4v) is 1.33. The van der Waals surface area contributed by atoms with Gasteiger partial charge in [-0.25, -0.2) is 9.78 Å². The van der Waals surface area contributed by atoms with Gasteiger partial charge in [-0.05, 0) is 26.0 Å². The second kappa shape index (κ2) is 6.20. The fourth-order valence-electron chi connectivity index (χ4n) is 1.33. The van der Waals surface area contributed by atoms with Gasteiger partial charge in [0.05, 0.1) is 12.7 Å². The van der Waals surface area contributed by atoms with E-state index in [4.69, 9.17) is 9.84 Å². The van der Waals surface area contributed by atoms with Crippen LogP contribution >= 0.6 is 0 Å². The molecule has 0 fully saturated rings. The zero-order valence-electron chi connectivity index (χ0n) is 10.4. The fraction of sp³-hybridized carbons (Fsp3) is 0.500. The number of nitrogens with zero attached hydrogens (tertiary/aromatic N) is 2. The Kier molecular flexibility index (Phi) is 4.90. The standard InChI is InChI=1S/C12H18N2O3/c1-9(2)17-7-6-14(3)10-4-5-13-11(8-10)12(15)16/h4-5,8-9H,6-7H2,1-3H3,(H,15,16). The number of carboxylic acid groups (broad SMARTS) is 1. The average Bonchev–Trinajstić information content (AvgIpc) is 2.28. The smallest absolute Gasteiger partial charge is 0.354 e. The van der Waals surface area contributed by atoms with Crippen LogP contribution in [-0.2, 0) is 4.74 Å². The Bertz CT molecular complexity index is 380. The molecule has 0 radical (unpaired) electrons. The number of carboxylic acids is 1. The van der Waals surface area contributed by atoms with Gasteiger partial charge < -0.3 is 14.7 Å². The number of pyridine rings is 1. The molecule has 1 N–H and O–H groups in total. The van der Waals surface area contributed by atoms with E-state index in [-0.39, 0.29) is 11.8 Å². The molecule has 17 heavy (non-hydrogen) atoms. The van der Waals surface area contributed by atoms with E-state index in [9.17, 15) is 4.79 Å². The van der Waals surface area contributed by atoms with Crippen molar-refractivity contribution < 1.29 is 14.6 Å². The minimum absolute atomic E-state index is 0.0547. The summed E-state index contributed by atoms with van der Waals surface area (Å²) in [6.45, 7) is 5.28. The molecule has 0 bridgehead atoms. The maximum atomic E-state index is 10.8. The van der Waals surface area contributed by atoms with E-state index in [1.807, 2.05) is 25.8 Å². The van der Waals surface area contributed by atoms with Gasteiger partial charge in [0.2, 0.25) is 0 Å². The van der Waals surface area contributed by atoms with Gasteiger partial charge in [0.25, 0.3) is 0 Å².